The molecule has 0 unspecified atom stereocenters. The van der Waals surface area contributed by atoms with Crippen LogP contribution in [0.1, 0.15) is 40.0 Å². The fourth-order valence-electron chi connectivity index (χ4n) is 0. The number of hydrogen-bond acceptors (Lipinski definition) is 1. The molecule has 0 saturated heterocycles. The fraction of sp³-hybridized carbons (Fsp3) is 0.875. The van der Waals surface area contributed by atoms with E-state index in [1.807, 2.05) is 0 Å². The molecule has 0 spiro atoms. The van der Waals surface area contributed by atoms with Gasteiger partial charge in [-0.3, -0.25) is 4.79 Å². The van der Waals surface area contributed by atoms with Crippen LogP contribution in [0.15, 0.2) is 0 Å². The van der Waals surface area contributed by atoms with Gasteiger partial charge in [-0.05, 0) is 20.8 Å². The number of hydrogen-bond donors (Lipinski definition) is 1. The van der Waals surface area contributed by atoms with E-state index >= 15 is 0 Å². The summed E-state index contributed by atoms with van der Waals surface area (Å²) in [5.74, 6) is -0.757. The number of carboxylic acids is 1. The number of carbonyl (C=O) groups is 1. The third-order valence-corrected chi connectivity index (χ3v) is 0.995. The Labute approximate surface area is 81.1 Å². The van der Waals surface area contributed by atoms with Gasteiger partial charge in [-0.15, -0.1) is 0 Å². The molecule has 1 aliphatic rings. The van der Waals surface area contributed by atoms with E-state index in [0.29, 0.717) is 0 Å². The minimum Gasteiger partial charge on any atom is -0.481 e. The molecule has 3 heteroatoms. The second kappa shape index (κ2) is 5.71. The van der Waals surface area contributed by atoms with Crippen molar-refractivity contribution >= 4 is 5.97 Å². The molecule has 2 nitrogen and oxygen atoms in total. The second-order valence-electron chi connectivity index (χ2n) is 3.62. The Hall–Kier alpha value is 0.0934. The first-order valence-electron chi connectivity index (χ1n) is 3.68. The number of rotatable bonds is 0. The maximum absolute atomic E-state index is 10.0. The summed E-state index contributed by atoms with van der Waals surface area (Å²) in [5, 5.41) is 8.25. The maximum Gasteiger partial charge on any atom is 0.308 e. The van der Waals surface area contributed by atoms with Gasteiger partial charge in [0.05, 0.1) is 5.41 Å². The molecule has 0 radical (unpaired) electrons. The summed E-state index contributed by atoms with van der Waals surface area (Å²) in [6.45, 7) is 4.99. The van der Waals surface area contributed by atoms with Crippen molar-refractivity contribution in [2.45, 2.75) is 40.0 Å². The minimum absolute atomic E-state index is 0. The van der Waals surface area contributed by atoms with Crippen LogP contribution in [0.5, 0.6) is 0 Å². The molecule has 0 bridgehead atoms. The van der Waals surface area contributed by atoms with Crippen molar-refractivity contribution in [2.24, 2.45) is 5.41 Å². The summed E-state index contributed by atoms with van der Waals surface area (Å²) in [6, 6.07) is 0. The Morgan fingerprint density at radius 1 is 1.18 bits per heavy atom. The molecule has 62 valence electrons. The molecule has 0 aromatic rings. The van der Waals surface area contributed by atoms with Crippen molar-refractivity contribution < 1.29 is 29.4 Å². The molecule has 0 aromatic carbocycles. The van der Waals surface area contributed by atoms with Crippen molar-refractivity contribution in [1.29, 1.82) is 0 Å². The van der Waals surface area contributed by atoms with Gasteiger partial charge in [-0.2, -0.15) is 0 Å². The quantitative estimate of drug-likeness (QED) is 0.622. The summed E-state index contributed by atoms with van der Waals surface area (Å²) in [7, 11) is 0. The van der Waals surface area contributed by atoms with Crippen molar-refractivity contribution in [3.63, 3.8) is 0 Å². The van der Waals surface area contributed by atoms with Gasteiger partial charge in [0, 0.05) is 19.5 Å². The van der Waals surface area contributed by atoms with Crippen molar-refractivity contribution in [3.05, 3.63) is 0 Å². The maximum atomic E-state index is 10.0. The van der Waals surface area contributed by atoms with Crippen LogP contribution < -0.4 is 0 Å². The van der Waals surface area contributed by atoms with E-state index in [2.05, 4.69) is 0 Å². The normalized spacial score (nSPS) is 13.7. The van der Waals surface area contributed by atoms with Gasteiger partial charge >= 0.3 is 5.97 Å². The zero-order chi connectivity index (χ0) is 8.20. The predicted molar refractivity (Wildman–Crippen MR) is 40.9 cm³/mol. The van der Waals surface area contributed by atoms with Crippen LogP contribution in [-0.2, 0) is 24.3 Å². The predicted octanol–water partition coefficient (Wildman–Crippen LogP) is 2.28. The Bertz CT molecular complexity index is 111. The zero-order valence-electron chi connectivity index (χ0n) is 7.68. The van der Waals surface area contributed by atoms with Crippen LogP contribution >= 0.6 is 0 Å². The van der Waals surface area contributed by atoms with E-state index in [4.69, 9.17) is 5.11 Å². The van der Waals surface area contributed by atoms with Gasteiger partial charge in [0.25, 0.3) is 0 Å². The summed E-state index contributed by atoms with van der Waals surface area (Å²) in [5.41, 5.74) is -0.583. The molecule has 0 amide bonds. The van der Waals surface area contributed by atoms with Crippen molar-refractivity contribution in [2.75, 3.05) is 0 Å². The second-order valence-corrected chi connectivity index (χ2v) is 3.62. The van der Waals surface area contributed by atoms with Crippen LogP contribution in [0.3, 0.4) is 0 Å². The molecule has 0 heterocycles. The van der Waals surface area contributed by atoms with Gasteiger partial charge in [0.1, 0.15) is 0 Å². The van der Waals surface area contributed by atoms with E-state index in [1.54, 1.807) is 20.8 Å². The van der Waals surface area contributed by atoms with E-state index in [0.717, 1.165) is 0 Å². The monoisotopic (exact) mass is 208 g/mol. The van der Waals surface area contributed by atoms with Crippen LogP contribution in [-0.4, -0.2) is 11.1 Å². The van der Waals surface area contributed by atoms with E-state index < -0.39 is 11.4 Å². The first-order chi connectivity index (χ1) is 4.44. The molecule has 1 aliphatic carbocycles. The van der Waals surface area contributed by atoms with Gasteiger partial charge in [-0.25, -0.2) is 0 Å². The first-order valence-corrected chi connectivity index (χ1v) is 3.68. The average molecular weight is 210 g/mol. The minimum atomic E-state index is -0.757. The van der Waals surface area contributed by atoms with Crippen LogP contribution in [0.4, 0.5) is 0 Å². The van der Waals surface area contributed by atoms with Gasteiger partial charge in [0.15, 0.2) is 0 Å². The van der Waals surface area contributed by atoms with Crippen molar-refractivity contribution in [3.8, 4) is 0 Å². The topological polar surface area (TPSA) is 37.3 Å². The molecule has 1 saturated carbocycles. The molecular formula is C8H16O2Zn. The Morgan fingerprint density at radius 3 is 1.36 bits per heavy atom. The van der Waals surface area contributed by atoms with Crippen LogP contribution in [0.25, 0.3) is 0 Å². The molecule has 1 fully saturated rings. The molecule has 0 aromatic heterocycles. The molecular weight excluding hydrogens is 193 g/mol. The Kier molecular flexibility index (Phi) is 7.09. The largest absolute Gasteiger partial charge is 0.481 e. The first kappa shape index (κ1) is 13.7. The molecule has 1 rings (SSSR count). The van der Waals surface area contributed by atoms with Gasteiger partial charge in [-0.1, -0.05) is 19.3 Å². The smallest absolute Gasteiger partial charge is 0.308 e. The van der Waals surface area contributed by atoms with E-state index in [1.165, 1.54) is 19.3 Å². The van der Waals surface area contributed by atoms with Crippen LogP contribution in [0, 0.1) is 5.41 Å². The number of carboxylic acid groups (broad SMARTS) is 1. The fourth-order valence-corrected chi connectivity index (χ4v) is 0. The third kappa shape index (κ3) is 13.1. The van der Waals surface area contributed by atoms with Gasteiger partial charge in [0.2, 0.25) is 0 Å². The summed E-state index contributed by atoms with van der Waals surface area (Å²) < 4.78 is 0. The summed E-state index contributed by atoms with van der Waals surface area (Å²) >= 11 is 0. The van der Waals surface area contributed by atoms with E-state index in [-0.39, 0.29) is 19.5 Å². The molecule has 1 N–H and O–H groups in total. The van der Waals surface area contributed by atoms with Gasteiger partial charge < -0.3 is 5.11 Å². The summed E-state index contributed by atoms with van der Waals surface area (Å²) in [6.07, 6.45) is 4.50. The number of aliphatic carboxylic acids is 1. The molecule has 0 atom stereocenters. The van der Waals surface area contributed by atoms with Crippen molar-refractivity contribution in [1.82, 2.24) is 0 Å². The SMILES string of the molecule is C1CC1.CC(C)(C)C(=O)O.[Zn]. The molecule has 0 aliphatic heterocycles. The summed E-state index contributed by atoms with van der Waals surface area (Å²) in [4.78, 5) is 10.0. The molecule has 11 heavy (non-hydrogen) atoms. The van der Waals surface area contributed by atoms with Crippen LogP contribution in [0.2, 0.25) is 0 Å². The standard InChI is InChI=1S/C5H10O2.C3H6.Zn/c1-5(2,3)4(6)7;1-2-3-1;/h1-3H3,(H,6,7);1-3H2;. The van der Waals surface area contributed by atoms with E-state index in [9.17, 15) is 4.79 Å². The Balaban J connectivity index is 0. The zero-order valence-corrected chi connectivity index (χ0v) is 10.7. The average Bonchev–Trinajstić information content (AvgIpc) is 2.42. The Morgan fingerprint density at radius 2 is 1.36 bits per heavy atom. The third-order valence-electron chi connectivity index (χ3n) is 0.995.